The van der Waals surface area contributed by atoms with E-state index < -0.39 is 0 Å². The molecule has 4 nitrogen and oxygen atoms in total. The average Bonchev–Trinajstić information content (AvgIpc) is 2.48. The summed E-state index contributed by atoms with van der Waals surface area (Å²) in [4.78, 5) is 4.06. The van der Waals surface area contributed by atoms with Gasteiger partial charge in [-0.25, -0.2) is 4.68 Å². The maximum atomic E-state index is 5.68. The molecule has 0 aliphatic rings. The van der Waals surface area contributed by atoms with Crippen LogP contribution in [-0.4, -0.2) is 14.8 Å². The van der Waals surface area contributed by atoms with Crippen LogP contribution < -0.4 is 5.73 Å². The van der Waals surface area contributed by atoms with Crippen molar-refractivity contribution in [2.75, 3.05) is 5.73 Å². The summed E-state index contributed by atoms with van der Waals surface area (Å²) in [6.45, 7) is 3.95. The smallest absolute Gasteiger partial charge is 0.148 e. The van der Waals surface area contributed by atoms with E-state index in [1.54, 1.807) is 17.1 Å². The van der Waals surface area contributed by atoms with Crippen molar-refractivity contribution in [1.29, 1.82) is 0 Å². The summed E-state index contributed by atoms with van der Waals surface area (Å²) in [7, 11) is 0. The van der Waals surface area contributed by atoms with Crippen molar-refractivity contribution in [3.8, 4) is 5.69 Å². The maximum Gasteiger partial charge on any atom is 0.148 e. The van der Waals surface area contributed by atoms with Gasteiger partial charge in [0, 0.05) is 18.0 Å². The van der Waals surface area contributed by atoms with Crippen molar-refractivity contribution in [1.82, 2.24) is 14.8 Å². The second-order valence-electron chi connectivity index (χ2n) is 3.30. The highest BCUT2D eigenvalue weighted by molar-refractivity contribution is 5.42. The summed E-state index contributed by atoms with van der Waals surface area (Å²) in [5.41, 5.74) is 8.75. The molecule has 2 aromatic rings. The zero-order valence-corrected chi connectivity index (χ0v) is 8.23. The van der Waals surface area contributed by atoms with E-state index >= 15 is 0 Å². The number of hydrogen-bond donors (Lipinski definition) is 1. The normalized spacial score (nSPS) is 10.4. The lowest BCUT2D eigenvalue weighted by atomic mass is 10.2. The Labute approximate surface area is 82.4 Å². The van der Waals surface area contributed by atoms with E-state index in [9.17, 15) is 0 Å². The van der Waals surface area contributed by atoms with E-state index in [1.807, 2.05) is 26.1 Å². The van der Waals surface area contributed by atoms with Crippen molar-refractivity contribution >= 4 is 5.82 Å². The van der Waals surface area contributed by atoms with Crippen LogP contribution in [0.25, 0.3) is 5.69 Å². The van der Waals surface area contributed by atoms with Crippen LogP contribution >= 0.6 is 0 Å². The summed E-state index contributed by atoms with van der Waals surface area (Å²) >= 11 is 0. The summed E-state index contributed by atoms with van der Waals surface area (Å²) in [5.74, 6) is 0.563. The summed E-state index contributed by atoms with van der Waals surface area (Å²) < 4.78 is 1.76. The first-order chi connectivity index (χ1) is 6.68. The van der Waals surface area contributed by atoms with Gasteiger partial charge in [-0.1, -0.05) is 0 Å². The van der Waals surface area contributed by atoms with E-state index in [0.29, 0.717) is 5.82 Å². The molecule has 0 amide bonds. The second-order valence-corrected chi connectivity index (χ2v) is 3.30. The van der Waals surface area contributed by atoms with Gasteiger partial charge < -0.3 is 5.73 Å². The number of pyridine rings is 1. The third-order valence-electron chi connectivity index (χ3n) is 2.19. The Morgan fingerprint density at radius 2 is 2.07 bits per heavy atom. The predicted octanol–water partition coefficient (Wildman–Crippen LogP) is 1.47. The van der Waals surface area contributed by atoms with Gasteiger partial charge in [0.05, 0.1) is 11.9 Å². The van der Waals surface area contributed by atoms with E-state index in [1.165, 1.54) is 0 Å². The molecule has 0 atom stereocenters. The zero-order chi connectivity index (χ0) is 10.1. The highest BCUT2D eigenvalue weighted by atomic mass is 15.3. The molecule has 2 aromatic heterocycles. The van der Waals surface area contributed by atoms with Crippen molar-refractivity contribution in [2.45, 2.75) is 13.8 Å². The van der Waals surface area contributed by atoms with E-state index in [4.69, 9.17) is 5.73 Å². The van der Waals surface area contributed by atoms with Crippen molar-refractivity contribution in [2.24, 2.45) is 0 Å². The van der Waals surface area contributed by atoms with Crippen molar-refractivity contribution in [3.63, 3.8) is 0 Å². The lowest BCUT2D eigenvalue weighted by Crippen LogP contribution is -1.99. The Hall–Kier alpha value is -1.84. The number of nitrogens with zero attached hydrogens (tertiary/aromatic N) is 3. The first-order valence-corrected chi connectivity index (χ1v) is 4.41. The maximum absolute atomic E-state index is 5.68. The molecule has 4 heteroatoms. The van der Waals surface area contributed by atoms with Gasteiger partial charge in [0.25, 0.3) is 0 Å². The van der Waals surface area contributed by atoms with Gasteiger partial charge in [0.2, 0.25) is 0 Å². The number of aryl methyl sites for hydroxylation is 2. The molecule has 0 fully saturated rings. The average molecular weight is 188 g/mol. The molecule has 0 radical (unpaired) electrons. The number of hydrogen-bond acceptors (Lipinski definition) is 3. The highest BCUT2D eigenvalue weighted by Crippen LogP contribution is 2.14. The standard InChI is InChI=1S/C10H12N4/c1-7-3-4-12-5-9(7)14-6-8(2)10(11)13-14/h3-6H,1-2H3,(H2,11,13). The fraction of sp³-hybridized carbons (Fsp3) is 0.200. The van der Waals surface area contributed by atoms with Crippen LogP contribution in [0.3, 0.4) is 0 Å². The number of nitrogens with two attached hydrogens (primary N) is 1. The SMILES string of the molecule is Cc1ccncc1-n1cc(C)c(N)n1. The van der Waals surface area contributed by atoms with Crippen LogP contribution in [-0.2, 0) is 0 Å². The van der Waals surface area contributed by atoms with Crippen molar-refractivity contribution in [3.05, 3.63) is 35.8 Å². The van der Waals surface area contributed by atoms with E-state index in [2.05, 4.69) is 10.1 Å². The third-order valence-corrected chi connectivity index (χ3v) is 2.19. The molecule has 0 spiro atoms. The topological polar surface area (TPSA) is 56.7 Å². The van der Waals surface area contributed by atoms with Gasteiger partial charge in [0.1, 0.15) is 5.82 Å². The molecule has 0 unspecified atom stereocenters. The van der Waals surface area contributed by atoms with Gasteiger partial charge in [-0.05, 0) is 25.5 Å². The molecule has 2 N–H and O–H groups in total. The van der Waals surface area contributed by atoms with E-state index in [-0.39, 0.29) is 0 Å². The Bertz CT molecular complexity index is 439. The molecule has 0 saturated heterocycles. The Morgan fingerprint density at radius 3 is 2.64 bits per heavy atom. The largest absolute Gasteiger partial charge is 0.382 e. The predicted molar refractivity (Wildman–Crippen MR) is 55.2 cm³/mol. The number of aromatic nitrogens is 3. The van der Waals surface area contributed by atoms with Crippen LogP contribution in [0.2, 0.25) is 0 Å². The molecule has 14 heavy (non-hydrogen) atoms. The van der Waals surface area contributed by atoms with Crippen LogP contribution in [0.1, 0.15) is 11.1 Å². The first kappa shape index (κ1) is 8.74. The zero-order valence-electron chi connectivity index (χ0n) is 8.23. The molecule has 0 aromatic carbocycles. The minimum Gasteiger partial charge on any atom is -0.382 e. The monoisotopic (exact) mass is 188 g/mol. The van der Waals surface area contributed by atoms with Gasteiger partial charge in [-0.15, -0.1) is 0 Å². The van der Waals surface area contributed by atoms with Gasteiger partial charge in [-0.3, -0.25) is 4.98 Å². The minimum atomic E-state index is 0.563. The van der Waals surface area contributed by atoms with Crippen LogP contribution in [0.15, 0.2) is 24.7 Å². The summed E-state index contributed by atoms with van der Waals surface area (Å²) in [6.07, 6.45) is 5.44. The fourth-order valence-electron chi connectivity index (χ4n) is 1.29. The fourth-order valence-corrected chi connectivity index (χ4v) is 1.29. The van der Waals surface area contributed by atoms with E-state index in [0.717, 1.165) is 16.8 Å². The molecule has 2 heterocycles. The molecule has 0 aliphatic heterocycles. The summed E-state index contributed by atoms with van der Waals surface area (Å²) in [5, 5.41) is 4.20. The van der Waals surface area contributed by atoms with Gasteiger partial charge >= 0.3 is 0 Å². The Morgan fingerprint density at radius 1 is 1.29 bits per heavy atom. The summed E-state index contributed by atoms with van der Waals surface area (Å²) in [6, 6.07) is 1.95. The first-order valence-electron chi connectivity index (χ1n) is 4.41. The molecule has 0 bridgehead atoms. The number of rotatable bonds is 1. The molecular formula is C10H12N4. The molecule has 0 aliphatic carbocycles. The van der Waals surface area contributed by atoms with Crippen LogP contribution in [0.5, 0.6) is 0 Å². The molecule has 72 valence electrons. The quantitative estimate of drug-likeness (QED) is 0.737. The van der Waals surface area contributed by atoms with Gasteiger partial charge in [-0.2, -0.15) is 5.10 Å². The van der Waals surface area contributed by atoms with Gasteiger partial charge in [0.15, 0.2) is 0 Å². The number of nitrogen functional groups attached to an aromatic ring is 1. The highest BCUT2D eigenvalue weighted by Gasteiger charge is 2.04. The van der Waals surface area contributed by atoms with Crippen LogP contribution in [0.4, 0.5) is 5.82 Å². The van der Waals surface area contributed by atoms with Crippen molar-refractivity contribution < 1.29 is 0 Å². The molecular weight excluding hydrogens is 176 g/mol. The Kier molecular flexibility index (Phi) is 1.96. The molecule has 0 saturated carbocycles. The third kappa shape index (κ3) is 1.35. The molecule has 2 rings (SSSR count). The minimum absolute atomic E-state index is 0.563. The Balaban J connectivity index is 2.55. The second kappa shape index (κ2) is 3.14. The lowest BCUT2D eigenvalue weighted by molar-refractivity contribution is 0.870. The van der Waals surface area contributed by atoms with Crippen LogP contribution in [0, 0.1) is 13.8 Å². The number of anilines is 1. The lowest BCUT2D eigenvalue weighted by Gasteiger charge is -2.03.